The molecule has 1 aliphatic heterocycles. The van der Waals surface area contributed by atoms with Gasteiger partial charge in [0.1, 0.15) is 30.2 Å². The molecule has 1 unspecified atom stereocenters. The molecule has 178 valence electrons. The third-order valence-corrected chi connectivity index (χ3v) is 5.26. The highest BCUT2D eigenvalue weighted by Crippen LogP contribution is 2.36. The minimum Gasteiger partial charge on any atom is -0.463 e. The first-order valence-electron chi connectivity index (χ1n) is 10.6. The van der Waals surface area contributed by atoms with Crippen LogP contribution >= 0.6 is 0 Å². The monoisotopic (exact) mass is 468 g/mol. The molecule has 0 bridgehead atoms. The maximum absolute atomic E-state index is 11.9. The number of rotatable bonds is 6. The van der Waals surface area contributed by atoms with Gasteiger partial charge in [0.2, 0.25) is 0 Å². The number of nitrogens with zero attached hydrogens (tertiary/aromatic N) is 4. The van der Waals surface area contributed by atoms with Gasteiger partial charge in [0.15, 0.2) is 24.1 Å². The molecule has 2 aromatic heterocycles. The normalized spacial score (nSPS) is 21.9. The van der Waals surface area contributed by atoms with Crippen molar-refractivity contribution in [1.82, 2.24) is 19.5 Å². The Hall–Kier alpha value is -3.86. The number of hydrogen-bond acceptors (Lipinski definition) is 10. The predicted octanol–water partition coefficient (Wildman–Crippen LogP) is 2.13. The van der Waals surface area contributed by atoms with Gasteiger partial charge < -0.3 is 18.9 Å². The zero-order chi connectivity index (χ0) is 24.4. The highest BCUT2D eigenvalue weighted by atomic mass is 16.7. The number of carbonyl (C=O) groups excluding carboxylic acids is 3. The van der Waals surface area contributed by atoms with Gasteiger partial charge in [-0.3, -0.25) is 19.0 Å². The zero-order valence-corrected chi connectivity index (χ0v) is 19.1. The summed E-state index contributed by atoms with van der Waals surface area (Å²) in [5.74, 6) is -1.72. The topological polar surface area (TPSA) is 132 Å². The van der Waals surface area contributed by atoms with Crippen LogP contribution in [0.15, 0.2) is 36.9 Å². The molecule has 1 aromatic carbocycles. The van der Waals surface area contributed by atoms with E-state index in [4.69, 9.17) is 18.9 Å². The summed E-state index contributed by atoms with van der Waals surface area (Å²) >= 11 is 0. The van der Waals surface area contributed by atoms with Gasteiger partial charge in [-0.05, 0) is 13.0 Å². The number of fused-ring (bicyclic) bond motifs is 1. The van der Waals surface area contributed by atoms with Crippen molar-refractivity contribution in [3.63, 3.8) is 0 Å². The number of aryl methyl sites for hydroxylation is 1. The van der Waals surface area contributed by atoms with E-state index >= 15 is 0 Å². The Kier molecular flexibility index (Phi) is 6.55. The second-order valence-corrected chi connectivity index (χ2v) is 7.93. The van der Waals surface area contributed by atoms with Gasteiger partial charge in [0.25, 0.3) is 0 Å². The van der Waals surface area contributed by atoms with Gasteiger partial charge in [-0.15, -0.1) is 0 Å². The average molecular weight is 468 g/mol. The third kappa shape index (κ3) is 4.74. The fraction of sp³-hybridized carbons (Fsp3) is 0.391. The molecule has 1 fully saturated rings. The van der Waals surface area contributed by atoms with Gasteiger partial charge >= 0.3 is 17.9 Å². The summed E-state index contributed by atoms with van der Waals surface area (Å²) < 4.78 is 23.7. The van der Waals surface area contributed by atoms with Crippen molar-refractivity contribution in [3.05, 3.63) is 42.5 Å². The molecule has 0 N–H and O–H groups in total. The molecule has 0 spiro atoms. The molecule has 11 nitrogen and oxygen atoms in total. The standard InChI is InChI=1S/C23H24N4O7/c1-12-6-5-7-16(8-12)18-19-22(25-10-24-18)27(11-26-19)23-21(33-15(4)30)20(32-14(3)29)17(34-23)9-31-13(2)28/h5-8,10-11,17,20-21,23H,9H2,1-4H3/t17-,20+,21-,23?/m0/s1. The molecule has 4 rings (SSSR count). The lowest BCUT2D eigenvalue weighted by atomic mass is 10.1. The Morgan fingerprint density at radius 1 is 1.00 bits per heavy atom. The summed E-state index contributed by atoms with van der Waals surface area (Å²) in [7, 11) is 0. The minimum absolute atomic E-state index is 0.197. The molecule has 0 amide bonds. The Labute approximate surface area is 195 Å². The molecule has 34 heavy (non-hydrogen) atoms. The Balaban J connectivity index is 1.77. The van der Waals surface area contributed by atoms with E-state index in [0.717, 1.165) is 11.1 Å². The number of esters is 3. The van der Waals surface area contributed by atoms with Crippen molar-refractivity contribution in [2.75, 3.05) is 6.61 Å². The minimum atomic E-state index is -1.03. The van der Waals surface area contributed by atoms with Crippen LogP contribution in [-0.4, -0.2) is 62.3 Å². The zero-order valence-electron chi connectivity index (χ0n) is 19.1. The first-order chi connectivity index (χ1) is 16.2. The number of hydrogen-bond donors (Lipinski definition) is 0. The lowest BCUT2D eigenvalue weighted by Crippen LogP contribution is -2.40. The van der Waals surface area contributed by atoms with Gasteiger partial charge in [-0.25, -0.2) is 15.0 Å². The van der Waals surface area contributed by atoms with Crippen molar-refractivity contribution < 1.29 is 33.3 Å². The Bertz CT molecular complexity index is 1240. The third-order valence-electron chi connectivity index (χ3n) is 5.26. The smallest absolute Gasteiger partial charge is 0.303 e. The molecular weight excluding hydrogens is 444 g/mol. The Morgan fingerprint density at radius 2 is 1.74 bits per heavy atom. The van der Waals surface area contributed by atoms with Crippen LogP contribution in [0.1, 0.15) is 32.6 Å². The SMILES string of the molecule is CC(=O)OC[C@@H]1OC(n2cnc3c(-c4cccc(C)c4)ncnc32)[C@@H](OC(C)=O)[C@@H]1OC(C)=O. The van der Waals surface area contributed by atoms with Crippen molar-refractivity contribution >= 4 is 29.1 Å². The first kappa shape index (κ1) is 23.3. The number of ether oxygens (including phenoxy) is 4. The van der Waals surface area contributed by atoms with Crippen LogP contribution < -0.4 is 0 Å². The van der Waals surface area contributed by atoms with E-state index in [1.165, 1.54) is 33.4 Å². The number of imidazole rings is 1. The van der Waals surface area contributed by atoms with Crippen molar-refractivity contribution in [3.8, 4) is 11.3 Å². The van der Waals surface area contributed by atoms with Crippen LogP contribution in [0, 0.1) is 6.92 Å². The van der Waals surface area contributed by atoms with E-state index < -0.39 is 42.4 Å². The van der Waals surface area contributed by atoms with Crippen molar-refractivity contribution in [1.29, 1.82) is 0 Å². The highest BCUT2D eigenvalue weighted by Gasteiger charge is 2.51. The van der Waals surface area contributed by atoms with Gasteiger partial charge in [-0.1, -0.05) is 23.8 Å². The van der Waals surface area contributed by atoms with Crippen LogP contribution in [0.3, 0.4) is 0 Å². The molecule has 3 heterocycles. The fourth-order valence-electron chi connectivity index (χ4n) is 3.96. The van der Waals surface area contributed by atoms with Gasteiger partial charge in [0.05, 0.1) is 6.33 Å². The van der Waals surface area contributed by atoms with Crippen molar-refractivity contribution in [2.24, 2.45) is 0 Å². The quantitative estimate of drug-likeness (QED) is 0.391. The van der Waals surface area contributed by atoms with Gasteiger partial charge in [0, 0.05) is 26.3 Å². The molecule has 4 atom stereocenters. The maximum atomic E-state index is 11.9. The number of benzene rings is 1. The summed E-state index contributed by atoms with van der Waals surface area (Å²) in [6.45, 7) is 5.51. The largest absolute Gasteiger partial charge is 0.463 e. The molecule has 1 aliphatic rings. The summed E-state index contributed by atoms with van der Waals surface area (Å²) in [4.78, 5) is 48.3. The number of carbonyl (C=O) groups is 3. The lowest BCUT2D eigenvalue weighted by Gasteiger charge is -2.23. The van der Waals surface area contributed by atoms with E-state index in [2.05, 4.69) is 15.0 Å². The van der Waals surface area contributed by atoms with E-state index in [1.54, 1.807) is 4.57 Å². The molecule has 3 aromatic rings. The van der Waals surface area contributed by atoms with Crippen molar-refractivity contribution in [2.45, 2.75) is 52.2 Å². The fourth-order valence-corrected chi connectivity index (χ4v) is 3.96. The molecule has 0 saturated carbocycles. The molecule has 1 saturated heterocycles. The Morgan fingerprint density at radius 3 is 2.41 bits per heavy atom. The van der Waals surface area contributed by atoms with Gasteiger partial charge in [-0.2, -0.15) is 0 Å². The molecule has 0 radical (unpaired) electrons. The van der Waals surface area contributed by atoms with Crippen LogP contribution in [0.5, 0.6) is 0 Å². The summed E-state index contributed by atoms with van der Waals surface area (Å²) in [5.41, 5.74) is 3.51. The summed E-state index contributed by atoms with van der Waals surface area (Å²) in [5, 5.41) is 0. The van der Waals surface area contributed by atoms with E-state index in [9.17, 15) is 14.4 Å². The van der Waals surface area contributed by atoms with E-state index in [0.29, 0.717) is 16.9 Å². The van der Waals surface area contributed by atoms with E-state index in [-0.39, 0.29) is 6.61 Å². The van der Waals surface area contributed by atoms with Crippen LogP contribution in [0.4, 0.5) is 0 Å². The predicted molar refractivity (Wildman–Crippen MR) is 117 cm³/mol. The van der Waals surface area contributed by atoms with E-state index in [1.807, 2.05) is 31.2 Å². The molecule has 11 heteroatoms. The second kappa shape index (κ2) is 9.56. The highest BCUT2D eigenvalue weighted by molar-refractivity contribution is 5.87. The maximum Gasteiger partial charge on any atom is 0.303 e. The summed E-state index contributed by atoms with van der Waals surface area (Å²) in [6.07, 6.45) is -0.957. The first-order valence-corrected chi connectivity index (χ1v) is 10.6. The summed E-state index contributed by atoms with van der Waals surface area (Å²) in [6, 6.07) is 7.82. The molecule has 0 aliphatic carbocycles. The lowest BCUT2D eigenvalue weighted by molar-refractivity contribution is -0.166. The van der Waals surface area contributed by atoms with Crippen LogP contribution in [0.25, 0.3) is 22.4 Å². The van der Waals surface area contributed by atoms with Crippen LogP contribution in [0.2, 0.25) is 0 Å². The molecular formula is C23H24N4O7. The van der Waals surface area contributed by atoms with Crippen LogP contribution in [-0.2, 0) is 33.3 Å². The second-order valence-electron chi connectivity index (χ2n) is 7.93. The average Bonchev–Trinajstić information content (AvgIpc) is 3.33. The number of aromatic nitrogens is 4.